The topological polar surface area (TPSA) is 41.3 Å². The van der Waals surface area contributed by atoms with Gasteiger partial charge in [0.25, 0.3) is 0 Å². The van der Waals surface area contributed by atoms with Crippen LogP contribution in [0.2, 0.25) is 5.02 Å². The molecular weight excluding hydrogens is 262 g/mol. The van der Waals surface area contributed by atoms with E-state index < -0.39 is 5.60 Å². The number of rotatable bonds is 4. The minimum absolute atomic E-state index is 0.585. The molecule has 0 spiro atoms. The lowest BCUT2D eigenvalue weighted by molar-refractivity contribution is -0.0344. The van der Waals surface area contributed by atoms with Crippen LogP contribution in [-0.2, 0) is 12.1 Å². The zero-order valence-electron chi connectivity index (χ0n) is 12.1. The van der Waals surface area contributed by atoms with Crippen LogP contribution in [0.4, 0.5) is 0 Å². The van der Waals surface area contributed by atoms with Crippen molar-refractivity contribution >= 4 is 11.6 Å². The van der Waals surface area contributed by atoms with Crippen molar-refractivity contribution in [2.24, 2.45) is 5.92 Å². The SMILES string of the molecule is CCn1ncc(Cl)c1C1(O)CCN(CC(C)C)CC1. The number of halogens is 1. The molecular formula is C14H24ClN3O. The van der Waals surface area contributed by atoms with E-state index >= 15 is 0 Å². The molecule has 0 bridgehead atoms. The Hall–Kier alpha value is -0.580. The molecule has 1 aliphatic rings. The average molecular weight is 286 g/mol. The van der Waals surface area contributed by atoms with E-state index in [9.17, 15) is 5.11 Å². The Morgan fingerprint density at radius 1 is 1.42 bits per heavy atom. The number of aliphatic hydroxyl groups is 1. The van der Waals surface area contributed by atoms with Gasteiger partial charge in [-0.05, 0) is 25.7 Å². The Morgan fingerprint density at radius 2 is 2.05 bits per heavy atom. The zero-order chi connectivity index (χ0) is 14.0. The first-order valence-corrected chi connectivity index (χ1v) is 7.50. The summed E-state index contributed by atoms with van der Waals surface area (Å²) in [6.07, 6.45) is 3.09. The molecule has 1 aromatic heterocycles. The smallest absolute Gasteiger partial charge is 0.110 e. The molecule has 2 rings (SSSR count). The van der Waals surface area contributed by atoms with Gasteiger partial charge in [-0.3, -0.25) is 4.68 Å². The Morgan fingerprint density at radius 3 is 2.58 bits per heavy atom. The molecule has 2 heterocycles. The van der Waals surface area contributed by atoms with Crippen molar-refractivity contribution in [2.75, 3.05) is 19.6 Å². The van der Waals surface area contributed by atoms with Crippen molar-refractivity contribution in [1.82, 2.24) is 14.7 Å². The van der Waals surface area contributed by atoms with Crippen LogP contribution in [0.1, 0.15) is 39.3 Å². The third kappa shape index (κ3) is 3.12. The van der Waals surface area contributed by atoms with Gasteiger partial charge in [0.1, 0.15) is 5.60 Å². The van der Waals surface area contributed by atoms with Gasteiger partial charge >= 0.3 is 0 Å². The maximum atomic E-state index is 10.9. The van der Waals surface area contributed by atoms with E-state index in [1.54, 1.807) is 6.20 Å². The summed E-state index contributed by atoms with van der Waals surface area (Å²) in [5, 5.41) is 15.7. The van der Waals surface area contributed by atoms with Crippen LogP contribution in [0, 0.1) is 5.92 Å². The molecule has 108 valence electrons. The van der Waals surface area contributed by atoms with Crippen LogP contribution in [0.5, 0.6) is 0 Å². The predicted molar refractivity (Wildman–Crippen MR) is 77.3 cm³/mol. The monoisotopic (exact) mass is 285 g/mol. The molecule has 19 heavy (non-hydrogen) atoms. The highest BCUT2D eigenvalue weighted by Crippen LogP contribution is 2.36. The number of likely N-dealkylation sites (tertiary alicyclic amines) is 1. The first-order valence-electron chi connectivity index (χ1n) is 7.13. The van der Waals surface area contributed by atoms with Gasteiger partial charge in [0, 0.05) is 26.2 Å². The lowest BCUT2D eigenvalue weighted by atomic mass is 9.87. The van der Waals surface area contributed by atoms with Gasteiger partial charge in [-0.25, -0.2) is 0 Å². The standard InChI is InChI=1S/C14H24ClN3O/c1-4-18-13(12(15)9-16-18)14(19)5-7-17(8-6-14)10-11(2)3/h9,11,19H,4-8,10H2,1-3H3. The van der Waals surface area contributed by atoms with Crippen molar-refractivity contribution < 1.29 is 5.11 Å². The van der Waals surface area contributed by atoms with Crippen LogP contribution in [0.15, 0.2) is 6.20 Å². The van der Waals surface area contributed by atoms with E-state index in [1.807, 2.05) is 11.6 Å². The maximum Gasteiger partial charge on any atom is 0.110 e. The van der Waals surface area contributed by atoms with Crippen molar-refractivity contribution in [3.8, 4) is 0 Å². The lowest BCUT2D eigenvalue weighted by Crippen LogP contribution is -2.44. The fourth-order valence-electron chi connectivity index (χ4n) is 2.92. The highest BCUT2D eigenvalue weighted by Gasteiger charge is 2.38. The maximum absolute atomic E-state index is 10.9. The molecule has 1 fully saturated rings. The van der Waals surface area contributed by atoms with Gasteiger partial charge in [0.15, 0.2) is 0 Å². The van der Waals surface area contributed by atoms with E-state index in [1.165, 1.54) is 0 Å². The number of nitrogens with zero attached hydrogens (tertiary/aromatic N) is 3. The van der Waals surface area contributed by atoms with E-state index in [0.29, 0.717) is 10.9 Å². The molecule has 4 nitrogen and oxygen atoms in total. The van der Waals surface area contributed by atoms with Gasteiger partial charge in [-0.2, -0.15) is 5.10 Å². The summed E-state index contributed by atoms with van der Waals surface area (Å²) in [5.41, 5.74) is -0.0299. The van der Waals surface area contributed by atoms with Crippen LogP contribution in [0.3, 0.4) is 0 Å². The van der Waals surface area contributed by atoms with E-state index in [4.69, 9.17) is 11.6 Å². The van der Waals surface area contributed by atoms with Crippen molar-refractivity contribution in [2.45, 2.75) is 45.8 Å². The van der Waals surface area contributed by atoms with Crippen LogP contribution < -0.4 is 0 Å². The molecule has 0 aliphatic carbocycles. The van der Waals surface area contributed by atoms with Gasteiger partial charge < -0.3 is 10.0 Å². The second-order valence-corrected chi connectivity index (χ2v) is 6.29. The summed E-state index contributed by atoms with van der Waals surface area (Å²) in [5.74, 6) is 0.663. The van der Waals surface area contributed by atoms with E-state index in [-0.39, 0.29) is 0 Å². The van der Waals surface area contributed by atoms with Gasteiger partial charge in [-0.15, -0.1) is 0 Å². The molecule has 1 aliphatic heterocycles. The quantitative estimate of drug-likeness (QED) is 0.924. The molecule has 1 N–H and O–H groups in total. The molecule has 0 aromatic carbocycles. The molecule has 5 heteroatoms. The Labute approximate surface area is 120 Å². The normalized spacial score (nSPS) is 20.1. The van der Waals surface area contributed by atoms with Crippen molar-refractivity contribution in [3.63, 3.8) is 0 Å². The number of aryl methyl sites for hydroxylation is 1. The summed E-state index contributed by atoms with van der Waals surface area (Å²) >= 11 is 6.21. The molecule has 0 amide bonds. The third-order valence-corrected chi connectivity index (χ3v) is 4.12. The molecule has 1 saturated heterocycles. The van der Waals surface area contributed by atoms with Gasteiger partial charge in [-0.1, -0.05) is 25.4 Å². The average Bonchev–Trinajstić information content (AvgIpc) is 2.74. The summed E-state index contributed by atoms with van der Waals surface area (Å²) in [6, 6.07) is 0. The highest BCUT2D eigenvalue weighted by atomic mass is 35.5. The molecule has 0 atom stereocenters. The largest absolute Gasteiger partial charge is 0.383 e. The predicted octanol–water partition coefficient (Wildman–Crippen LogP) is 2.50. The molecule has 1 aromatic rings. The Kier molecular flexibility index (Phi) is 4.54. The highest BCUT2D eigenvalue weighted by molar-refractivity contribution is 6.31. The van der Waals surface area contributed by atoms with Crippen molar-refractivity contribution in [1.29, 1.82) is 0 Å². The minimum atomic E-state index is -0.822. The number of hydrogen-bond acceptors (Lipinski definition) is 3. The summed E-state index contributed by atoms with van der Waals surface area (Å²) in [7, 11) is 0. The van der Waals surface area contributed by atoms with Crippen LogP contribution in [-0.4, -0.2) is 39.4 Å². The third-order valence-electron chi connectivity index (χ3n) is 3.84. The van der Waals surface area contributed by atoms with Crippen LogP contribution >= 0.6 is 11.6 Å². The molecule has 0 unspecified atom stereocenters. The Balaban J connectivity index is 2.11. The summed E-state index contributed by atoms with van der Waals surface area (Å²) < 4.78 is 1.82. The zero-order valence-corrected chi connectivity index (χ0v) is 12.8. The number of aromatic nitrogens is 2. The molecule has 0 saturated carbocycles. The van der Waals surface area contributed by atoms with Gasteiger partial charge in [0.2, 0.25) is 0 Å². The Bertz CT molecular complexity index is 422. The fraction of sp³-hybridized carbons (Fsp3) is 0.786. The van der Waals surface area contributed by atoms with E-state index in [0.717, 1.165) is 44.7 Å². The molecule has 0 radical (unpaired) electrons. The second kappa shape index (κ2) is 5.81. The fourth-order valence-corrected chi connectivity index (χ4v) is 3.24. The van der Waals surface area contributed by atoms with E-state index in [2.05, 4.69) is 23.8 Å². The lowest BCUT2D eigenvalue weighted by Gasteiger charge is -2.39. The number of hydrogen-bond donors (Lipinski definition) is 1. The van der Waals surface area contributed by atoms with Crippen molar-refractivity contribution in [3.05, 3.63) is 16.9 Å². The second-order valence-electron chi connectivity index (χ2n) is 5.88. The van der Waals surface area contributed by atoms with Crippen LogP contribution in [0.25, 0.3) is 0 Å². The summed E-state index contributed by atoms with van der Waals surface area (Å²) in [6.45, 7) is 10.1. The first-order chi connectivity index (χ1) is 8.96. The summed E-state index contributed by atoms with van der Waals surface area (Å²) in [4.78, 5) is 2.42. The first kappa shape index (κ1) is 14.8. The number of piperidine rings is 1. The van der Waals surface area contributed by atoms with Gasteiger partial charge in [0.05, 0.1) is 16.9 Å². The minimum Gasteiger partial charge on any atom is -0.383 e.